The van der Waals surface area contributed by atoms with Crippen molar-refractivity contribution in [3.63, 3.8) is 0 Å². The number of rotatable bonds is 42. The van der Waals surface area contributed by atoms with Gasteiger partial charge in [0.1, 0.15) is 13.2 Å². The molecule has 0 saturated heterocycles. The van der Waals surface area contributed by atoms with Crippen molar-refractivity contribution in [2.75, 3.05) is 13.2 Å². The lowest BCUT2D eigenvalue weighted by Gasteiger charge is -2.18. The molecule has 0 radical (unpaired) electrons. The Bertz CT molecular complexity index is 1420. The third-order valence-corrected chi connectivity index (χ3v) is 9.85. The highest BCUT2D eigenvalue weighted by Gasteiger charge is 2.19. The van der Waals surface area contributed by atoms with Gasteiger partial charge in [0.15, 0.2) is 6.10 Å². The van der Waals surface area contributed by atoms with Gasteiger partial charge < -0.3 is 14.2 Å². The van der Waals surface area contributed by atoms with Crippen LogP contribution < -0.4 is 0 Å². The Balaban J connectivity index is 4.55. The number of hydrogen-bond acceptors (Lipinski definition) is 6. The first-order valence-electron chi connectivity index (χ1n) is 24.8. The van der Waals surface area contributed by atoms with E-state index in [0.717, 1.165) is 96.3 Å². The molecule has 0 aliphatic heterocycles. The zero-order valence-electron chi connectivity index (χ0n) is 40.0. The van der Waals surface area contributed by atoms with Crippen LogP contribution in [0.2, 0.25) is 0 Å². The summed E-state index contributed by atoms with van der Waals surface area (Å²) in [5, 5.41) is 0. The van der Waals surface area contributed by atoms with Gasteiger partial charge in [-0.1, -0.05) is 225 Å². The third kappa shape index (κ3) is 48.4. The van der Waals surface area contributed by atoms with E-state index < -0.39 is 6.10 Å². The van der Waals surface area contributed by atoms with Crippen molar-refractivity contribution >= 4 is 17.9 Å². The topological polar surface area (TPSA) is 78.9 Å². The summed E-state index contributed by atoms with van der Waals surface area (Å²) in [7, 11) is 0. The fourth-order valence-corrected chi connectivity index (χ4v) is 6.18. The Morgan fingerprint density at radius 1 is 0.349 bits per heavy atom. The Morgan fingerprint density at radius 2 is 0.698 bits per heavy atom. The van der Waals surface area contributed by atoms with Crippen LogP contribution in [-0.4, -0.2) is 37.2 Å². The van der Waals surface area contributed by atoms with E-state index in [2.05, 4.69) is 81.5 Å². The van der Waals surface area contributed by atoms with Crippen LogP contribution in [0.15, 0.2) is 134 Å². The van der Waals surface area contributed by atoms with E-state index in [1.165, 1.54) is 44.9 Å². The van der Waals surface area contributed by atoms with Gasteiger partial charge in [0.2, 0.25) is 0 Å². The lowest BCUT2D eigenvalue weighted by Crippen LogP contribution is -2.30. The zero-order chi connectivity index (χ0) is 45.8. The molecule has 0 heterocycles. The highest BCUT2D eigenvalue weighted by atomic mass is 16.6. The quantitative estimate of drug-likeness (QED) is 0.0200. The molecule has 63 heavy (non-hydrogen) atoms. The molecule has 1 atom stereocenters. The van der Waals surface area contributed by atoms with E-state index in [4.69, 9.17) is 14.2 Å². The summed E-state index contributed by atoms with van der Waals surface area (Å²) >= 11 is 0. The van der Waals surface area contributed by atoms with Crippen LogP contribution in [0.25, 0.3) is 0 Å². The highest BCUT2D eigenvalue weighted by molar-refractivity contribution is 5.71. The molecule has 0 rings (SSSR count). The van der Waals surface area contributed by atoms with Gasteiger partial charge in [-0.3, -0.25) is 14.4 Å². The Hall–Kier alpha value is -4.45. The van der Waals surface area contributed by atoms with Gasteiger partial charge in [0.25, 0.3) is 0 Å². The predicted molar refractivity (Wildman–Crippen MR) is 269 cm³/mol. The predicted octanol–water partition coefficient (Wildman–Crippen LogP) is 16.3. The van der Waals surface area contributed by atoms with Crippen LogP contribution in [0.1, 0.15) is 188 Å². The minimum absolute atomic E-state index is 0.110. The first kappa shape index (κ1) is 58.6. The molecule has 0 aromatic carbocycles. The van der Waals surface area contributed by atoms with Gasteiger partial charge in [-0.05, 0) is 77.0 Å². The molecular formula is C57H88O6. The van der Waals surface area contributed by atoms with Gasteiger partial charge in [-0.25, -0.2) is 0 Å². The third-order valence-electron chi connectivity index (χ3n) is 9.85. The molecule has 0 aromatic heterocycles. The number of ether oxygens (including phenoxy) is 3. The van der Waals surface area contributed by atoms with Crippen molar-refractivity contribution in [3.8, 4) is 0 Å². The van der Waals surface area contributed by atoms with Crippen molar-refractivity contribution in [2.24, 2.45) is 0 Å². The largest absolute Gasteiger partial charge is 0.462 e. The SMILES string of the molecule is CC\C=C/C=C\C=C/C=C\C=C\C=C/C=C\CCCCCC(=O)OCC(COC(=O)CCCCCCCCCCCC)OC(=O)CCCCC/C=C\C/C=C\C/C=C\C/C=C\CC. The zero-order valence-corrected chi connectivity index (χ0v) is 40.0. The van der Waals surface area contributed by atoms with Crippen molar-refractivity contribution in [3.05, 3.63) is 134 Å². The minimum Gasteiger partial charge on any atom is -0.462 e. The van der Waals surface area contributed by atoms with Crippen LogP contribution in [0.3, 0.4) is 0 Å². The van der Waals surface area contributed by atoms with Crippen LogP contribution in [-0.2, 0) is 28.6 Å². The van der Waals surface area contributed by atoms with Gasteiger partial charge in [0, 0.05) is 19.3 Å². The Kier molecular flexibility index (Phi) is 46.7. The maximum absolute atomic E-state index is 12.8. The smallest absolute Gasteiger partial charge is 0.306 e. The molecule has 0 bridgehead atoms. The lowest BCUT2D eigenvalue weighted by atomic mass is 10.1. The summed E-state index contributed by atoms with van der Waals surface area (Å²) in [5.41, 5.74) is 0. The number of allylic oxidation sites excluding steroid dienone is 22. The number of carbonyl (C=O) groups is 3. The second-order valence-corrected chi connectivity index (χ2v) is 15.8. The van der Waals surface area contributed by atoms with Gasteiger partial charge >= 0.3 is 17.9 Å². The van der Waals surface area contributed by atoms with E-state index in [0.29, 0.717) is 19.3 Å². The van der Waals surface area contributed by atoms with Gasteiger partial charge in [-0.2, -0.15) is 0 Å². The minimum atomic E-state index is -0.816. The summed E-state index contributed by atoms with van der Waals surface area (Å²) in [6.07, 6.45) is 70.0. The fraction of sp³-hybridized carbons (Fsp3) is 0.561. The van der Waals surface area contributed by atoms with E-state index in [-0.39, 0.29) is 37.5 Å². The molecule has 0 fully saturated rings. The average Bonchev–Trinajstić information content (AvgIpc) is 3.28. The van der Waals surface area contributed by atoms with Crippen LogP contribution in [0, 0.1) is 0 Å². The first-order chi connectivity index (χ1) is 31.0. The van der Waals surface area contributed by atoms with Crippen molar-refractivity contribution in [1.29, 1.82) is 0 Å². The normalized spacial score (nSPS) is 13.3. The van der Waals surface area contributed by atoms with Crippen molar-refractivity contribution < 1.29 is 28.6 Å². The first-order valence-corrected chi connectivity index (χ1v) is 24.8. The number of unbranched alkanes of at least 4 members (excludes halogenated alkanes) is 15. The van der Waals surface area contributed by atoms with E-state index in [9.17, 15) is 14.4 Å². The van der Waals surface area contributed by atoms with Gasteiger partial charge in [-0.15, -0.1) is 0 Å². The molecule has 352 valence electrons. The molecule has 0 amide bonds. The molecule has 0 aliphatic carbocycles. The molecule has 0 aromatic rings. The standard InChI is InChI=1S/C57H88O6/c1-4-7-10-13-16-19-22-24-26-28-29-30-32-33-35-38-41-44-47-50-56(59)62-53-54(52-61-55(58)49-46-43-40-37-21-18-15-12-9-6-3)63-57(60)51-48-45-42-39-36-34-31-27-25-23-20-17-14-11-8-5-2/h7-8,10-11,13,16-17,19-20,22,24-30,32-36,54H,4-6,9,12,14-15,18,21,23,31,37-53H2,1-3H3/b10-7-,11-8-,16-13-,20-17-,22-19-,26-24-,27-25-,29-28+,32-30-,35-33-,36-34-. The van der Waals surface area contributed by atoms with E-state index >= 15 is 0 Å². The molecule has 0 N–H and O–H groups in total. The number of hydrogen-bond donors (Lipinski definition) is 0. The Labute approximate surface area is 385 Å². The number of carbonyl (C=O) groups excluding carboxylic acids is 3. The van der Waals surface area contributed by atoms with E-state index in [1.54, 1.807) is 0 Å². The van der Waals surface area contributed by atoms with Crippen molar-refractivity contribution in [1.82, 2.24) is 0 Å². The van der Waals surface area contributed by atoms with E-state index in [1.807, 2.05) is 72.9 Å². The second-order valence-electron chi connectivity index (χ2n) is 15.8. The number of esters is 3. The molecule has 6 heteroatoms. The Morgan fingerprint density at radius 3 is 1.16 bits per heavy atom. The molecular weight excluding hydrogens is 781 g/mol. The molecule has 6 nitrogen and oxygen atoms in total. The van der Waals surface area contributed by atoms with Crippen LogP contribution in [0.4, 0.5) is 0 Å². The summed E-state index contributed by atoms with van der Waals surface area (Å²) in [6.45, 7) is 6.27. The van der Waals surface area contributed by atoms with Crippen LogP contribution >= 0.6 is 0 Å². The summed E-state index contributed by atoms with van der Waals surface area (Å²) < 4.78 is 16.7. The summed E-state index contributed by atoms with van der Waals surface area (Å²) in [4.78, 5) is 37.9. The fourth-order valence-electron chi connectivity index (χ4n) is 6.18. The molecule has 0 aliphatic rings. The monoisotopic (exact) mass is 869 g/mol. The maximum atomic E-state index is 12.8. The lowest BCUT2D eigenvalue weighted by molar-refractivity contribution is -0.167. The second kappa shape index (κ2) is 50.2. The average molecular weight is 869 g/mol. The van der Waals surface area contributed by atoms with Crippen molar-refractivity contribution in [2.45, 2.75) is 194 Å². The molecule has 1 unspecified atom stereocenters. The van der Waals surface area contributed by atoms with Crippen LogP contribution in [0.5, 0.6) is 0 Å². The van der Waals surface area contributed by atoms with Gasteiger partial charge in [0.05, 0.1) is 0 Å². The summed E-state index contributed by atoms with van der Waals surface area (Å²) in [5.74, 6) is -1.00. The highest BCUT2D eigenvalue weighted by Crippen LogP contribution is 2.13. The molecule has 0 saturated carbocycles. The maximum Gasteiger partial charge on any atom is 0.306 e. The molecule has 0 spiro atoms. The summed E-state index contributed by atoms with van der Waals surface area (Å²) in [6, 6.07) is 0.